The van der Waals surface area contributed by atoms with Crippen molar-refractivity contribution in [3.63, 3.8) is 0 Å². The van der Waals surface area contributed by atoms with Crippen LogP contribution in [0.3, 0.4) is 0 Å². The first kappa shape index (κ1) is 12.4. The van der Waals surface area contributed by atoms with Crippen LogP contribution in [0, 0.1) is 6.92 Å². The topological polar surface area (TPSA) is 80.0 Å². The largest absolute Gasteiger partial charge is 0.347 e. The van der Waals surface area contributed by atoms with E-state index < -0.39 is 0 Å². The summed E-state index contributed by atoms with van der Waals surface area (Å²) < 4.78 is 0. The second-order valence-electron chi connectivity index (χ2n) is 4.73. The molecule has 5 nitrogen and oxygen atoms in total. The molecule has 0 saturated carbocycles. The van der Waals surface area contributed by atoms with Crippen LogP contribution in [0.1, 0.15) is 36.8 Å². The van der Waals surface area contributed by atoms with E-state index in [0.29, 0.717) is 11.4 Å². The molecule has 16 heavy (non-hydrogen) atoms. The van der Waals surface area contributed by atoms with Crippen molar-refractivity contribution in [2.24, 2.45) is 5.84 Å². The van der Waals surface area contributed by atoms with Gasteiger partial charge in [-0.1, -0.05) is 0 Å². The highest BCUT2D eigenvalue weighted by atomic mass is 16.1. The second kappa shape index (κ2) is 4.49. The molecular weight excluding hydrogens is 204 g/mol. The Morgan fingerprint density at radius 2 is 2.00 bits per heavy atom. The molecule has 88 valence electrons. The third-order valence-corrected chi connectivity index (χ3v) is 1.85. The number of rotatable bonds is 2. The molecule has 1 aromatic rings. The first-order valence-electron chi connectivity index (χ1n) is 5.09. The van der Waals surface area contributed by atoms with Crippen molar-refractivity contribution in [1.82, 2.24) is 10.3 Å². The molecule has 1 heterocycles. The summed E-state index contributed by atoms with van der Waals surface area (Å²) in [4.78, 5) is 16.0. The fourth-order valence-electron chi connectivity index (χ4n) is 1.29. The number of carbonyl (C=O) groups is 1. The van der Waals surface area contributed by atoms with Gasteiger partial charge in [-0.25, -0.2) is 10.8 Å². The van der Waals surface area contributed by atoms with Crippen LogP contribution in [0.2, 0.25) is 0 Å². The van der Waals surface area contributed by atoms with E-state index in [1.165, 1.54) is 0 Å². The predicted molar refractivity (Wildman–Crippen MR) is 64.0 cm³/mol. The number of aryl methyl sites for hydroxylation is 1. The van der Waals surface area contributed by atoms with Crippen LogP contribution >= 0.6 is 0 Å². The van der Waals surface area contributed by atoms with Gasteiger partial charge in [-0.15, -0.1) is 0 Å². The highest BCUT2D eigenvalue weighted by Crippen LogP contribution is 2.10. The van der Waals surface area contributed by atoms with Gasteiger partial charge in [-0.05, 0) is 39.8 Å². The molecule has 5 heteroatoms. The summed E-state index contributed by atoms with van der Waals surface area (Å²) in [6.45, 7) is 7.61. The summed E-state index contributed by atoms with van der Waals surface area (Å²) in [5, 5.41) is 2.88. The molecule has 0 aromatic carbocycles. The summed E-state index contributed by atoms with van der Waals surface area (Å²) in [6, 6.07) is 3.34. The molecule has 4 N–H and O–H groups in total. The number of anilines is 1. The maximum absolute atomic E-state index is 11.9. The predicted octanol–water partition coefficient (Wildman–Crippen LogP) is 1.20. The molecule has 0 fully saturated rings. The number of nitrogens with zero attached hydrogens (tertiary/aromatic N) is 1. The normalized spacial score (nSPS) is 11.1. The number of hydrogen-bond donors (Lipinski definition) is 3. The Morgan fingerprint density at radius 3 is 2.50 bits per heavy atom. The molecule has 0 spiro atoms. The average Bonchev–Trinajstić information content (AvgIpc) is 2.14. The van der Waals surface area contributed by atoms with E-state index in [0.717, 1.165) is 5.69 Å². The third kappa shape index (κ3) is 3.51. The summed E-state index contributed by atoms with van der Waals surface area (Å²) >= 11 is 0. The van der Waals surface area contributed by atoms with E-state index in [9.17, 15) is 4.79 Å². The van der Waals surface area contributed by atoms with E-state index in [2.05, 4.69) is 15.7 Å². The lowest BCUT2D eigenvalue weighted by atomic mass is 10.1. The SMILES string of the molecule is Cc1cc(C(=O)NC(C)(C)C)cc(NN)n1. The van der Waals surface area contributed by atoms with Gasteiger partial charge in [0, 0.05) is 16.8 Å². The maximum atomic E-state index is 11.9. The van der Waals surface area contributed by atoms with Crippen molar-refractivity contribution in [2.45, 2.75) is 33.2 Å². The van der Waals surface area contributed by atoms with Gasteiger partial charge in [0.25, 0.3) is 5.91 Å². The van der Waals surface area contributed by atoms with Gasteiger partial charge < -0.3 is 10.7 Å². The summed E-state index contributed by atoms with van der Waals surface area (Å²) in [6.07, 6.45) is 0. The Hall–Kier alpha value is -1.62. The number of aromatic nitrogens is 1. The van der Waals surface area contributed by atoms with Gasteiger partial charge in [0.2, 0.25) is 0 Å². The van der Waals surface area contributed by atoms with E-state index in [4.69, 9.17) is 5.84 Å². The lowest BCUT2D eigenvalue weighted by molar-refractivity contribution is 0.0919. The van der Waals surface area contributed by atoms with Crippen molar-refractivity contribution >= 4 is 11.7 Å². The zero-order valence-electron chi connectivity index (χ0n) is 10.1. The molecule has 0 unspecified atom stereocenters. The smallest absolute Gasteiger partial charge is 0.251 e. The Labute approximate surface area is 95.4 Å². The maximum Gasteiger partial charge on any atom is 0.251 e. The molecule has 0 bridgehead atoms. The van der Waals surface area contributed by atoms with Crippen molar-refractivity contribution < 1.29 is 4.79 Å². The van der Waals surface area contributed by atoms with Gasteiger partial charge >= 0.3 is 0 Å². The van der Waals surface area contributed by atoms with Crippen LogP contribution < -0.4 is 16.6 Å². The molecule has 0 aliphatic heterocycles. The van der Waals surface area contributed by atoms with Crippen LogP contribution in [0.5, 0.6) is 0 Å². The van der Waals surface area contributed by atoms with Crippen LogP contribution in [0.15, 0.2) is 12.1 Å². The van der Waals surface area contributed by atoms with Crippen molar-refractivity contribution in [3.05, 3.63) is 23.4 Å². The molecule has 0 aliphatic rings. The van der Waals surface area contributed by atoms with Crippen LogP contribution in [-0.4, -0.2) is 16.4 Å². The number of nitrogens with one attached hydrogen (secondary N) is 2. The molecular formula is C11H18N4O. The number of nitrogens with two attached hydrogens (primary N) is 1. The van der Waals surface area contributed by atoms with Gasteiger partial charge in [0.05, 0.1) is 0 Å². The Morgan fingerprint density at radius 1 is 1.38 bits per heavy atom. The lowest BCUT2D eigenvalue weighted by Crippen LogP contribution is -2.40. The average molecular weight is 222 g/mol. The number of hydrogen-bond acceptors (Lipinski definition) is 4. The van der Waals surface area contributed by atoms with E-state index >= 15 is 0 Å². The van der Waals surface area contributed by atoms with Crippen LogP contribution in [0.4, 0.5) is 5.82 Å². The summed E-state index contributed by atoms with van der Waals surface area (Å²) in [7, 11) is 0. The van der Waals surface area contributed by atoms with E-state index in [1.54, 1.807) is 12.1 Å². The monoisotopic (exact) mass is 222 g/mol. The standard InChI is InChI=1S/C11H18N4O/c1-7-5-8(6-9(13-7)15-12)10(16)14-11(2,3)4/h5-6H,12H2,1-4H3,(H,13,15)(H,14,16). The Balaban J connectivity index is 2.95. The summed E-state index contributed by atoms with van der Waals surface area (Å²) in [5.41, 5.74) is 3.47. The fraction of sp³-hybridized carbons (Fsp3) is 0.455. The number of pyridine rings is 1. The molecule has 1 amide bonds. The third-order valence-electron chi connectivity index (χ3n) is 1.85. The number of carbonyl (C=O) groups excluding carboxylic acids is 1. The van der Waals surface area contributed by atoms with Gasteiger partial charge in [0.15, 0.2) is 0 Å². The lowest BCUT2D eigenvalue weighted by Gasteiger charge is -2.20. The minimum absolute atomic E-state index is 0.130. The van der Waals surface area contributed by atoms with Gasteiger partial charge in [-0.2, -0.15) is 0 Å². The first-order valence-corrected chi connectivity index (χ1v) is 5.09. The van der Waals surface area contributed by atoms with Crippen LogP contribution in [-0.2, 0) is 0 Å². The second-order valence-corrected chi connectivity index (χ2v) is 4.73. The Bertz CT molecular complexity index is 395. The molecule has 0 radical (unpaired) electrons. The molecule has 0 atom stereocenters. The quantitative estimate of drug-likeness (QED) is 0.519. The number of hydrazine groups is 1. The van der Waals surface area contributed by atoms with Gasteiger partial charge in [-0.3, -0.25) is 4.79 Å². The van der Waals surface area contributed by atoms with Crippen LogP contribution in [0.25, 0.3) is 0 Å². The minimum atomic E-state index is -0.259. The molecule has 0 aliphatic carbocycles. The first-order chi connectivity index (χ1) is 7.31. The van der Waals surface area contributed by atoms with Crippen molar-refractivity contribution in [2.75, 3.05) is 5.43 Å². The van der Waals surface area contributed by atoms with E-state index in [-0.39, 0.29) is 11.4 Å². The highest BCUT2D eigenvalue weighted by molar-refractivity contribution is 5.95. The molecule has 1 aromatic heterocycles. The highest BCUT2D eigenvalue weighted by Gasteiger charge is 2.16. The van der Waals surface area contributed by atoms with Gasteiger partial charge in [0.1, 0.15) is 5.82 Å². The van der Waals surface area contributed by atoms with Crippen molar-refractivity contribution in [1.29, 1.82) is 0 Å². The molecule has 0 saturated heterocycles. The zero-order valence-corrected chi connectivity index (χ0v) is 10.1. The number of amides is 1. The van der Waals surface area contributed by atoms with E-state index in [1.807, 2.05) is 27.7 Å². The fourth-order valence-corrected chi connectivity index (χ4v) is 1.29. The summed E-state index contributed by atoms with van der Waals surface area (Å²) in [5.74, 6) is 5.63. The minimum Gasteiger partial charge on any atom is -0.347 e. The zero-order chi connectivity index (χ0) is 12.3. The van der Waals surface area contributed by atoms with Crippen molar-refractivity contribution in [3.8, 4) is 0 Å². The Kier molecular flexibility index (Phi) is 3.49. The molecule has 1 rings (SSSR count). The number of nitrogen functional groups attached to an aromatic ring is 1.